The molecule has 0 saturated carbocycles. The van der Waals surface area contributed by atoms with E-state index in [0.717, 1.165) is 27.9 Å². The second-order valence-electron chi connectivity index (χ2n) is 5.58. The Morgan fingerprint density at radius 1 is 1.12 bits per heavy atom. The van der Waals surface area contributed by atoms with E-state index in [-0.39, 0.29) is 5.82 Å². The van der Waals surface area contributed by atoms with E-state index in [1.54, 1.807) is 6.20 Å². The topological polar surface area (TPSA) is 122 Å². The minimum Gasteiger partial charge on any atom is -0.379 e. The van der Waals surface area contributed by atoms with Crippen molar-refractivity contribution < 1.29 is 4.63 Å². The van der Waals surface area contributed by atoms with Gasteiger partial charge in [-0.2, -0.15) is 0 Å². The lowest BCUT2D eigenvalue weighted by Crippen LogP contribution is -2.05. The number of nitrogens with zero attached hydrogens (tertiary/aromatic N) is 5. The van der Waals surface area contributed by atoms with E-state index in [1.165, 1.54) is 0 Å². The highest BCUT2D eigenvalue weighted by molar-refractivity contribution is 5.94. The molecule has 0 aliphatic heterocycles. The van der Waals surface area contributed by atoms with Gasteiger partial charge in [0.25, 0.3) is 0 Å². The van der Waals surface area contributed by atoms with Crippen LogP contribution in [0.15, 0.2) is 41.2 Å². The molecule has 0 aliphatic carbocycles. The molecular weight excluding hydrogens is 318 g/mol. The number of hydrogen-bond acceptors (Lipinski definition) is 7. The summed E-state index contributed by atoms with van der Waals surface area (Å²) in [7, 11) is 0. The zero-order valence-corrected chi connectivity index (χ0v) is 13.7. The van der Waals surface area contributed by atoms with Gasteiger partial charge in [-0.05, 0) is 17.2 Å². The van der Waals surface area contributed by atoms with Crippen LogP contribution in [-0.4, -0.2) is 24.8 Å². The first-order chi connectivity index (χ1) is 12.2. The van der Waals surface area contributed by atoms with Crippen molar-refractivity contribution in [3.63, 3.8) is 0 Å². The minimum absolute atomic E-state index is 0.202. The Bertz CT molecular complexity index is 1040. The maximum atomic E-state index is 5.93. The van der Waals surface area contributed by atoms with Crippen molar-refractivity contribution in [2.75, 3.05) is 5.73 Å². The van der Waals surface area contributed by atoms with E-state index in [2.05, 4.69) is 15.3 Å². The molecule has 126 valence electrons. The summed E-state index contributed by atoms with van der Waals surface area (Å²) in [6.07, 6.45) is 1.80. The van der Waals surface area contributed by atoms with Gasteiger partial charge in [0, 0.05) is 30.4 Å². The Kier molecular flexibility index (Phi) is 3.66. The van der Waals surface area contributed by atoms with Crippen molar-refractivity contribution >= 4 is 16.9 Å². The molecule has 4 rings (SSSR count). The van der Waals surface area contributed by atoms with E-state index in [4.69, 9.17) is 21.1 Å². The van der Waals surface area contributed by atoms with Crippen LogP contribution in [0.1, 0.15) is 12.5 Å². The van der Waals surface area contributed by atoms with Crippen molar-refractivity contribution in [1.29, 1.82) is 0 Å². The lowest BCUT2D eigenvalue weighted by Gasteiger charge is -2.09. The number of anilines is 1. The van der Waals surface area contributed by atoms with Gasteiger partial charge in [-0.1, -0.05) is 30.3 Å². The summed E-state index contributed by atoms with van der Waals surface area (Å²) in [5.74, 6) is 0.796. The molecule has 25 heavy (non-hydrogen) atoms. The molecule has 0 atom stereocenters. The summed E-state index contributed by atoms with van der Waals surface area (Å²) >= 11 is 0. The second-order valence-corrected chi connectivity index (χ2v) is 5.58. The van der Waals surface area contributed by atoms with Crippen LogP contribution in [0.25, 0.3) is 33.8 Å². The zero-order chi connectivity index (χ0) is 17.4. The Hall–Kier alpha value is -3.26. The summed E-state index contributed by atoms with van der Waals surface area (Å²) in [6, 6.07) is 9.90. The van der Waals surface area contributed by atoms with Gasteiger partial charge >= 0.3 is 0 Å². The van der Waals surface area contributed by atoms with Crippen LogP contribution in [0.4, 0.5) is 5.82 Å². The van der Waals surface area contributed by atoms with E-state index in [9.17, 15) is 0 Å². The van der Waals surface area contributed by atoms with Crippen molar-refractivity contribution in [2.24, 2.45) is 5.73 Å². The molecule has 0 spiro atoms. The number of aryl methyl sites for hydroxylation is 1. The molecule has 4 aromatic rings. The Balaban J connectivity index is 2.08. The average Bonchev–Trinajstić information content (AvgIpc) is 3.24. The molecule has 0 aliphatic rings. The predicted molar refractivity (Wildman–Crippen MR) is 94.2 cm³/mol. The first-order valence-electron chi connectivity index (χ1n) is 7.96. The largest absolute Gasteiger partial charge is 0.379 e. The van der Waals surface area contributed by atoms with Gasteiger partial charge in [0.1, 0.15) is 5.52 Å². The molecular formula is C17H17N7O. The van der Waals surface area contributed by atoms with Gasteiger partial charge in [-0.3, -0.25) is 4.98 Å². The molecule has 0 bridgehead atoms. The first-order valence-corrected chi connectivity index (χ1v) is 7.96. The Morgan fingerprint density at radius 2 is 1.92 bits per heavy atom. The molecule has 8 nitrogen and oxygen atoms in total. The molecule has 0 unspecified atom stereocenters. The highest BCUT2D eigenvalue weighted by Crippen LogP contribution is 2.33. The van der Waals surface area contributed by atoms with E-state index >= 15 is 0 Å². The third kappa shape index (κ3) is 2.34. The van der Waals surface area contributed by atoms with Gasteiger partial charge in [0.05, 0.1) is 11.2 Å². The molecule has 3 heterocycles. The lowest BCUT2D eigenvalue weighted by molar-refractivity contribution is 0.310. The molecule has 0 amide bonds. The summed E-state index contributed by atoms with van der Waals surface area (Å²) in [5.41, 5.74) is 16.6. The fourth-order valence-corrected chi connectivity index (χ4v) is 3.00. The molecule has 3 aromatic heterocycles. The highest BCUT2D eigenvalue weighted by Gasteiger charge is 2.22. The summed E-state index contributed by atoms with van der Waals surface area (Å²) in [4.78, 5) is 9.37. The maximum absolute atomic E-state index is 5.93. The smallest absolute Gasteiger partial charge is 0.199 e. The SMILES string of the molecule is CCn1c(-c2nonc2N)nc2c(-c3ccccc3)ncc(CN)c21. The third-order valence-corrected chi connectivity index (χ3v) is 4.15. The molecule has 0 saturated heterocycles. The average molecular weight is 335 g/mol. The van der Waals surface area contributed by atoms with Crippen LogP contribution < -0.4 is 11.5 Å². The van der Waals surface area contributed by atoms with Crippen LogP contribution in [0.5, 0.6) is 0 Å². The second kappa shape index (κ2) is 5.99. The predicted octanol–water partition coefficient (Wildman–Crippen LogP) is 2.21. The van der Waals surface area contributed by atoms with Crippen molar-refractivity contribution in [1.82, 2.24) is 24.8 Å². The number of imidazole rings is 1. The lowest BCUT2D eigenvalue weighted by atomic mass is 10.1. The van der Waals surface area contributed by atoms with Crippen LogP contribution in [0.3, 0.4) is 0 Å². The van der Waals surface area contributed by atoms with Gasteiger partial charge in [0.15, 0.2) is 17.3 Å². The maximum Gasteiger partial charge on any atom is 0.199 e. The fraction of sp³-hybridized carbons (Fsp3) is 0.176. The number of hydrogen-bond donors (Lipinski definition) is 2. The molecule has 8 heteroatoms. The number of pyridine rings is 1. The summed E-state index contributed by atoms with van der Waals surface area (Å²) < 4.78 is 6.76. The molecule has 0 radical (unpaired) electrons. The van der Waals surface area contributed by atoms with Crippen LogP contribution in [-0.2, 0) is 13.1 Å². The van der Waals surface area contributed by atoms with Gasteiger partial charge in [-0.15, -0.1) is 0 Å². The van der Waals surface area contributed by atoms with Crippen LogP contribution in [0.2, 0.25) is 0 Å². The van der Waals surface area contributed by atoms with Gasteiger partial charge in [-0.25, -0.2) is 9.61 Å². The quantitative estimate of drug-likeness (QED) is 0.586. The molecule has 0 fully saturated rings. The number of aromatic nitrogens is 5. The summed E-state index contributed by atoms with van der Waals surface area (Å²) in [6.45, 7) is 3.05. The van der Waals surface area contributed by atoms with E-state index in [1.807, 2.05) is 41.8 Å². The van der Waals surface area contributed by atoms with Crippen LogP contribution in [0, 0.1) is 0 Å². The number of fused-ring (bicyclic) bond motifs is 1. The van der Waals surface area contributed by atoms with Crippen molar-refractivity contribution in [3.8, 4) is 22.8 Å². The normalized spacial score (nSPS) is 11.3. The number of nitrogens with two attached hydrogens (primary N) is 2. The molecule has 1 aromatic carbocycles. The zero-order valence-electron chi connectivity index (χ0n) is 13.7. The monoisotopic (exact) mass is 335 g/mol. The van der Waals surface area contributed by atoms with E-state index < -0.39 is 0 Å². The van der Waals surface area contributed by atoms with Crippen LogP contribution >= 0.6 is 0 Å². The molecule has 4 N–H and O–H groups in total. The highest BCUT2D eigenvalue weighted by atomic mass is 16.6. The number of rotatable bonds is 4. The van der Waals surface area contributed by atoms with E-state index in [0.29, 0.717) is 24.6 Å². The Labute approximate surface area is 143 Å². The number of benzene rings is 1. The van der Waals surface area contributed by atoms with Gasteiger partial charge in [0.2, 0.25) is 0 Å². The van der Waals surface area contributed by atoms with Crippen molar-refractivity contribution in [2.45, 2.75) is 20.0 Å². The Morgan fingerprint density at radius 3 is 2.56 bits per heavy atom. The standard InChI is InChI=1S/C17H17N7O/c1-2-24-15-11(8-18)9-20-12(10-6-4-3-5-7-10)13(15)21-17(24)14-16(19)23-25-22-14/h3-7,9H,2,8,18H2,1H3,(H2,19,23). The first kappa shape index (κ1) is 15.3. The third-order valence-electron chi connectivity index (χ3n) is 4.15. The van der Waals surface area contributed by atoms with Crippen molar-refractivity contribution in [3.05, 3.63) is 42.1 Å². The van der Waals surface area contributed by atoms with Gasteiger partial charge < -0.3 is 16.0 Å². The summed E-state index contributed by atoms with van der Waals surface area (Å²) in [5, 5.41) is 7.56. The fourth-order valence-electron chi connectivity index (χ4n) is 3.00. The minimum atomic E-state index is 0.202. The number of nitrogen functional groups attached to an aromatic ring is 1.